The lowest BCUT2D eigenvalue weighted by atomic mass is 10.2. The summed E-state index contributed by atoms with van der Waals surface area (Å²) in [5, 5.41) is 0. The highest BCUT2D eigenvalue weighted by atomic mass is 32.1. The second kappa shape index (κ2) is 7.77. The molecule has 1 fully saturated rings. The van der Waals surface area contributed by atoms with Crippen LogP contribution in [0, 0.1) is 6.92 Å². The van der Waals surface area contributed by atoms with Gasteiger partial charge in [-0.05, 0) is 38.8 Å². The van der Waals surface area contributed by atoms with E-state index in [-0.39, 0.29) is 12.0 Å². The number of carbonyl (C=O) groups excluding carboxylic acids is 1. The minimum absolute atomic E-state index is 0.212. The number of ether oxygens (including phenoxy) is 2. The van der Waals surface area contributed by atoms with Gasteiger partial charge in [-0.2, -0.15) is 4.99 Å². The van der Waals surface area contributed by atoms with Crippen LogP contribution in [0.25, 0.3) is 0 Å². The van der Waals surface area contributed by atoms with Crippen LogP contribution in [0.5, 0.6) is 5.75 Å². The van der Waals surface area contributed by atoms with Crippen molar-refractivity contribution in [3.63, 3.8) is 0 Å². The van der Waals surface area contributed by atoms with Crippen molar-refractivity contribution in [3.05, 3.63) is 45.7 Å². The Labute approximate surface area is 145 Å². The van der Waals surface area contributed by atoms with Gasteiger partial charge in [0, 0.05) is 17.7 Å². The van der Waals surface area contributed by atoms with Crippen LogP contribution < -0.4 is 9.54 Å². The number of hydrogen-bond donors (Lipinski definition) is 0. The number of nitrogens with zero attached hydrogens (tertiary/aromatic N) is 2. The molecule has 24 heavy (non-hydrogen) atoms. The molecule has 0 saturated carbocycles. The van der Waals surface area contributed by atoms with Crippen molar-refractivity contribution in [2.24, 2.45) is 4.99 Å². The zero-order valence-corrected chi connectivity index (χ0v) is 14.8. The van der Waals surface area contributed by atoms with E-state index in [1.54, 1.807) is 12.1 Å². The number of aromatic nitrogens is 1. The summed E-state index contributed by atoms with van der Waals surface area (Å²) in [5.41, 5.74) is 0.495. The third kappa shape index (κ3) is 3.94. The predicted octanol–water partition coefficient (Wildman–Crippen LogP) is 3.18. The molecule has 0 N–H and O–H groups in total. The maximum absolute atomic E-state index is 12.6. The summed E-state index contributed by atoms with van der Waals surface area (Å²) in [5.74, 6) is 0.301. The van der Waals surface area contributed by atoms with Gasteiger partial charge in [0.05, 0.1) is 24.8 Å². The molecule has 1 amide bonds. The zero-order valence-electron chi connectivity index (χ0n) is 14.0. The molecule has 3 rings (SSSR count). The fourth-order valence-corrected chi connectivity index (χ4v) is 3.64. The van der Waals surface area contributed by atoms with Crippen LogP contribution in [0.2, 0.25) is 0 Å². The van der Waals surface area contributed by atoms with Crippen molar-refractivity contribution in [1.29, 1.82) is 0 Å². The van der Waals surface area contributed by atoms with E-state index in [4.69, 9.17) is 9.47 Å². The Morgan fingerprint density at radius 2 is 2.29 bits per heavy atom. The molecular formula is C18H22N2O3S. The van der Waals surface area contributed by atoms with Gasteiger partial charge in [0.2, 0.25) is 0 Å². The average molecular weight is 346 g/mol. The largest absolute Gasteiger partial charge is 0.493 e. The minimum Gasteiger partial charge on any atom is -0.493 e. The molecule has 0 aliphatic carbocycles. The first-order valence-electron chi connectivity index (χ1n) is 8.26. The van der Waals surface area contributed by atoms with E-state index in [0.717, 1.165) is 30.9 Å². The Kier molecular flexibility index (Phi) is 5.48. The highest BCUT2D eigenvalue weighted by molar-refractivity contribution is 7.09. The number of carbonyl (C=O) groups is 1. The van der Waals surface area contributed by atoms with Crippen LogP contribution in [-0.4, -0.2) is 29.8 Å². The molecule has 0 radical (unpaired) electrons. The van der Waals surface area contributed by atoms with Gasteiger partial charge in [-0.3, -0.25) is 4.79 Å². The summed E-state index contributed by atoms with van der Waals surface area (Å²) >= 11 is 1.52. The van der Waals surface area contributed by atoms with Gasteiger partial charge in [0.15, 0.2) is 4.80 Å². The molecule has 1 saturated heterocycles. The first-order valence-corrected chi connectivity index (χ1v) is 9.08. The number of benzene rings is 1. The number of amides is 1. The third-order valence-corrected chi connectivity index (χ3v) is 4.81. The molecule has 128 valence electrons. The lowest BCUT2D eigenvalue weighted by Gasteiger charge is -2.10. The quantitative estimate of drug-likeness (QED) is 0.835. The van der Waals surface area contributed by atoms with Crippen LogP contribution in [0.1, 0.15) is 35.0 Å². The first-order chi connectivity index (χ1) is 11.7. The Morgan fingerprint density at radius 3 is 3.04 bits per heavy atom. The molecule has 1 aromatic carbocycles. The molecule has 0 bridgehead atoms. The monoisotopic (exact) mass is 346 g/mol. The summed E-state index contributed by atoms with van der Waals surface area (Å²) in [6.07, 6.45) is 4.40. The standard InChI is InChI=1S/C18H22N2O3S/c1-3-22-16-9-5-4-8-15(16)17(21)19-18-20(11-13(2)24-18)12-14-7-6-10-23-14/h4-5,8-9,11,14H,3,6-7,10,12H2,1-2H3/b19-18-. The number of hydrogen-bond acceptors (Lipinski definition) is 4. The second-order valence-corrected chi connectivity index (χ2v) is 6.97. The summed E-state index contributed by atoms with van der Waals surface area (Å²) in [6.45, 7) is 6.00. The number of thiazole rings is 1. The maximum atomic E-state index is 12.6. The molecule has 6 heteroatoms. The van der Waals surface area contributed by atoms with Gasteiger partial charge < -0.3 is 14.0 Å². The zero-order chi connectivity index (χ0) is 16.9. The van der Waals surface area contributed by atoms with Crippen molar-refractivity contribution >= 4 is 17.2 Å². The van der Waals surface area contributed by atoms with E-state index in [1.807, 2.05) is 36.7 Å². The van der Waals surface area contributed by atoms with E-state index in [9.17, 15) is 4.79 Å². The van der Waals surface area contributed by atoms with Crippen molar-refractivity contribution < 1.29 is 14.3 Å². The second-order valence-electron chi connectivity index (χ2n) is 5.76. The molecule has 1 unspecified atom stereocenters. The number of rotatable bonds is 5. The third-order valence-electron chi connectivity index (χ3n) is 3.87. The molecule has 2 heterocycles. The van der Waals surface area contributed by atoms with E-state index < -0.39 is 0 Å². The van der Waals surface area contributed by atoms with Gasteiger partial charge >= 0.3 is 0 Å². The van der Waals surface area contributed by atoms with Crippen molar-refractivity contribution in [1.82, 2.24) is 4.57 Å². The lowest BCUT2D eigenvalue weighted by Crippen LogP contribution is -2.23. The van der Waals surface area contributed by atoms with Gasteiger partial charge in [-0.15, -0.1) is 11.3 Å². The van der Waals surface area contributed by atoms with E-state index >= 15 is 0 Å². The van der Waals surface area contributed by atoms with E-state index in [2.05, 4.69) is 4.99 Å². The van der Waals surface area contributed by atoms with Crippen LogP contribution in [-0.2, 0) is 11.3 Å². The summed E-state index contributed by atoms with van der Waals surface area (Å²) in [7, 11) is 0. The summed E-state index contributed by atoms with van der Waals surface area (Å²) in [4.78, 5) is 18.8. The highest BCUT2D eigenvalue weighted by Gasteiger charge is 2.17. The predicted molar refractivity (Wildman–Crippen MR) is 93.5 cm³/mol. The van der Waals surface area contributed by atoms with Gasteiger partial charge in [-0.1, -0.05) is 12.1 Å². The van der Waals surface area contributed by atoms with Crippen LogP contribution in [0.3, 0.4) is 0 Å². The molecule has 0 spiro atoms. The first kappa shape index (κ1) is 16.9. The minimum atomic E-state index is -0.276. The Balaban J connectivity index is 1.89. The van der Waals surface area contributed by atoms with Gasteiger partial charge in [-0.25, -0.2) is 0 Å². The van der Waals surface area contributed by atoms with Crippen LogP contribution >= 0.6 is 11.3 Å². The van der Waals surface area contributed by atoms with E-state index in [0.29, 0.717) is 22.7 Å². The molecule has 1 aliphatic rings. The summed E-state index contributed by atoms with van der Waals surface area (Å²) < 4.78 is 13.3. The van der Waals surface area contributed by atoms with Crippen molar-refractivity contribution in [3.8, 4) is 5.75 Å². The van der Waals surface area contributed by atoms with E-state index in [1.165, 1.54) is 11.3 Å². The SMILES string of the molecule is CCOc1ccccc1C(=O)/N=c1\sc(C)cn1CC1CCCO1. The maximum Gasteiger partial charge on any atom is 0.283 e. The fourth-order valence-electron chi connectivity index (χ4n) is 2.80. The Hall–Kier alpha value is -1.92. The average Bonchev–Trinajstić information content (AvgIpc) is 3.19. The van der Waals surface area contributed by atoms with Crippen LogP contribution in [0.15, 0.2) is 35.5 Å². The van der Waals surface area contributed by atoms with Crippen molar-refractivity contribution in [2.75, 3.05) is 13.2 Å². The molecule has 1 aliphatic heterocycles. The molecule has 1 atom stereocenters. The normalized spacial score (nSPS) is 18.1. The van der Waals surface area contributed by atoms with Crippen LogP contribution in [0.4, 0.5) is 0 Å². The topological polar surface area (TPSA) is 52.8 Å². The van der Waals surface area contributed by atoms with Crippen molar-refractivity contribution in [2.45, 2.75) is 39.3 Å². The fraction of sp³-hybridized carbons (Fsp3) is 0.444. The molecular weight excluding hydrogens is 324 g/mol. The highest BCUT2D eigenvalue weighted by Crippen LogP contribution is 2.19. The molecule has 5 nitrogen and oxygen atoms in total. The summed E-state index contributed by atoms with van der Waals surface area (Å²) in [6, 6.07) is 7.23. The van der Waals surface area contributed by atoms with Gasteiger partial charge in [0.25, 0.3) is 5.91 Å². The number of para-hydroxylation sites is 1. The molecule has 2 aromatic rings. The smallest absolute Gasteiger partial charge is 0.283 e. The Morgan fingerprint density at radius 1 is 1.46 bits per heavy atom. The van der Waals surface area contributed by atoms with Gasteiger partial charge in [0.1, 0.15) is 5.75 Å². The lowest BCUT2D eigenvalue weighted by molar-refractivity contribution is 0.0948. The number of aryl methyl sites for hydroxylation is 1. The molecule has 1 aromatic heterocycles. The Bertz CT molecular complexity index is 773.